The maximum absolute atomic E-state index is 13.7. The molecule has 58 heavy (non-hydrogen) atoms. The molecule has 1 fully saturated rings. The van der Waals surface area contributed by atoms with Gasteiger partial charge in [-0.2, -0.15) is 0 Å². The Morgan fingerprint density at radius 1 is 0.569 bits per heavy atom. The van der Waals surface area contributed by atoms with Gasteiger partial charge < -0.3 is 42.1 Å². The van der Waals surface area contributed by atoms with Crippen LogP contribution in [0.2, 0.25) is 0 Å². The largest absolute Gasteiger partial charge is 0.356 e. The van der Waals surface area contributed by atoms with Crippen molar-refractivity contribution in [2.24, 2.45) is 17.8 Å². The number of carbonyl (C=O) groups is 7. The Balaban J connectivity index is 2.80. The van der Waals surface area contributed by atoms with Gasteiger partial charge in [0, 0.05) is 61.8 Å². The Labute approximate surface area is 349 Å². The van der Waals surface area contributed by atoms with Gasteiger partial charge in [0.05, 0.1) is 5.54 Å². The summed E-state index contributed by atoms with van der Waals surface area (Å²) in [6.07, 6.45) is 4.72. The average Bonchev–Trinajstić information content (AvgIpc) is 2.99. The van der Waals surface area contributed by atoms with E-state index in [9.17, 15) is 33.6 Å². The smallest absolute Gasteiger partial charge is 0.243 e. The van der Waals surface area contributed by atoms with Crippen LogP contribution in [0.1, 0.15) is 154 Å². The summed E-state index contributed by atoms with van der Waals surface area (Å²) in [5, 5.41) is 20.4. The van der Waals surface area contributed by atoms with Gasteiger partial charge in [-0.05, 0) is 112 Å². The van der Waals surface area contributed by atoms with Crippen LogP contribution in [0.5, 0.6) is 0 Å². The molecule has 0 unspecified atom stereocenters. The fourth-order valence-electron chi connectivity index (χ4n) is 7.23. The fourth-order valence-corrected chi connectivity index (χ4v) is 7.23. The lowest BCUT2D eigenvalue weighted by atomic mass is 9.76. The minimum absolute atomic E-state index is 0.0152. The highest BCUT2D eigenvalue weighted by Gasteiger charge is 2.39. The highest BCUT2D eigenvalue weighted by molar-refractivity contribution is 5.93. The predicted octanol–water partition coefficient (Wildman–Crippen LogP) is 3.45. The van der Waals surface area contributed by atoms with Crippen LogP contribution < -0.4 is 37.2 Å². The molecule has 15 heteroatoms. The summed E-state index contributed by atoms with van der Waals surface area (Å²) in [7, 11) is 3.96. The molecule has 0 spiro atoms. The monoisotopic (exact) mass is 821 g/mol. The van der Waals surface area contributed by atoms with Gasteiger partial charge in [0.1, 0.15) is 12.1 Å². The highest BCUT2D eigenvalue weighted by Crippen LogP contribution is 2.32. The molecule has 0 bridgehead atoms. The number of carbonyl (C=O) groups excluding carboxylic acids is 7. The first-order valence-electron chi connectivity index (χ1n) is 21.3. The van der Waals surface area contributed by atoms with E-state index in [4.69, 9.17) is 0 Å². The summed E-state index contributed by atoms with van der Waals surface area (Å²) in [6, 6.07) is -1.85. The lowest BCUT2D eigenvalue weighted by Gasteiger charge is -2.44. The van der Waals surface area contributed by atoms with Gasteiger partial charge in [-0.25, -0.2) is 0 Å². The van der Waals surface area contributed by atoms with Gasteiger partial charge in [-0.15, -0.1) is 0 Å². The molecule has 0 radical (unpaired) electrons. The molecule has 0 saturated heterocycles. The van der Waals surface area contributed by atoms with Crippen LogP contribution in [0.4, 0.5) is 0 Å². The van der Waals surface area contributed by atoms with Crippen molar-refractivity contribution in [1.82, 2.24) is 42.1 Å². The van der Waals surface area contributed by atoms with Gasteiger partial charge in [-0.1, -0.05) is 41.5 Å². The van der Waals surface area contributed by atoms with E-state index in [1.807, 2.05) is 55.6 Å². The molecule has 7 amide bonds. The summed E-state index contributed by atoms with van der Waals surface area (Å²) in [6.45, 7) is 23.2. The molecule has 2 atom stereocenters. The minimum atomic E-state index is -1.02. The van der Waals surface area contributed by atoms with E-state index in [-0.39, 0.29) is 73.2 Å². The van der Waals surface area contributed by atoms with Gasteiger partial charge >= 0.3 is 0 Å². The molecular formula is C43H80N8O7. The molecule has 1 aliphatic carbocycles. The first-order valence-corrected chi connectivity index (χ1v) is 21.3. The van der Waals surface area contributed by atoms with Crippen molar-refractivity contribution in [3.63, 3.8) is 0 Å². The van der Waals surface area contributed by atoms with E-state index in [0.717, 1.165) is 32.2 Å². The van der Waals surface area contributed by atoms with Crippen LogP contribution in [-0.4, -0.2) is 108 Å². The zero-order chi connectivity index (χ0) is 44.6. The first kappa shape index (κ1) is 52.3. The van der Waals surface area contributed by atoms with Gasteiger partial charge in [0.2, 0.25) is 41.4 Å². The van der Waals surface area contributed by atoms with E-state index in [1.54, 1.807) is 41.5 Å². The molecule has 0 aromatic rings. The van der Waals surface area contributed by atoms with Crippen molar-refractivity contribution in [3.05, 3.63) is 0 Å². The molecule has 1 saturated carbocycles. The summed E-state index contributed by atoms with van der Waals surface area (Å²) in [5.74, 6) is -1.82. The number of hydrogen-bond donors (Lipinski definition) is 7. The summed E-state index contributed by atoms with van der Waals surface area (Å²) >= 11 is 0. The average molecular weight is 821 g/mol. The van der Waals surface area contributed by atoms with Gasteiger partial charge in [-0.3, -0.25) is 33.6 Å². The van der Waals surface area contributed by atoms with Crippen molar-refractivity contribution in [3.8, 4) is 0 Å². The van der Waals surface area contributed by atoms with Crippen molar-refractivity contribution >= 4 is 41.4 Å². The number of rotatable bonds is 26. The van der Waals surface area contributed by atoms with Crippen LogP contribution in [0.25, 0.3) is 0 Å². The second-order valence-electron chi connectivity index (χ2n) is 20.2. The fraction of sp³-hybridized carbons (Fsp3) is 0.837. The molecule has 334 valence electrons. The van der Waals surface area contributed by atoms with Crippen molar-refractivity contribution in [2.75, 3.05) is 27.2 Å². The van der Waals surface area contributed by atoms with Crippen molar-refractivity contribution in [2.45, 2.75) is 188 Å². The first-order chi connectivity index (χ1) is 26.5. The number of amides is 7. The minimum Gasteiger partial charge on any atom is -0.356 e. The van der Waals surface area contributed by atoms with E-state index < -0.39 is 46.4 Å². The second-order valence-corrected chi connectivity index (χ2v) is 20.2. The molecule has 1 rings (SSSR count). The quantitative estimate of drug-likeness (QED) is 0.0687. The van der Waals surface area contributed by atoms with E-state index >= 15 is 0 Å². The highest BCUT2D eigenvalue weighted by atomic mass is 16.2. The topological polar surface area (TPSA) is 207 Å². The lowest BCUT2D eigenvalue weighted by molar-refractivity contribution is -0.134. The maximum atomic E-state index is 13.7. The van der Waals surface area contributed by atoms with Crippen molar-refractivity contribution < 1.29 is 33.6 Å². The third-order valence-electron chi connectivity index (χ3n) is 9.88. The Bertz CT molecular complexity index is 1400. The third-order valence-corrected chi connectivity index (χ3v) is 9.88. The molecule has 15 nitrogen and oxygen atoms in total. The second kappa shape index (κ2) is 23.1. The standard InChI is InChI=1S/C43H80N8O7/c1-28(2)16-17-33(52)47-41(9,10)25-36(55)45-31(22-29(3)4)38(57)46-32(23-30(5)6)39(58)50-42(11,12)26-37(56)48-40(7,8)24-35(54)44-21-18-34(53)49-43(19-15-20-43)27-51(13)14/h28-32H,15-27H2,1-14H3,(H,44,54)(H,45,55)(H,46,57)(H,47,52)(H,48,56)(H,49,53)(H,50,58)/t31-,32-/m0/s1. The molecule has 1 aliphatic rings. The summed E-state index contributed by atoms with van der Waals surface area (Å²) in [4.78, 5) is 93.8. The molecule has 0 aromatic heterocycles. The molecule has 0 aliphatic heterocycles. The van der Waals surface area contributed by atoms with E-state index in [1.165, 1.54) is 0 Å². The number of nitrogens with zero attached hydrogens (tertiary/aromatic N) is 1. The Morgan fingerprint density at radius 3 is 1.53 bits per heavy atom. The normalized spacial score (nSPS) is 15.3. The van der Waals surface area contributed by atoms with Crippen molar-refractivity contribution in [1.29, 1.82) is 0 Å². The van der Waals surface area contributed by atoms with Gasteiger partial charge in [0.15, 0.2) is 0 Å². The van der Waals surface area contributed by atoms with Crippen LogP contribution in [0.15, 0.2) is 0 Å². The SMILES string of the molecule is CC(C)CCC(=O)NC(C)(C)CC(=O)N[C@@H](CC(C)C)C(=O)N[C@@H](CC(C)C)C(=O)NC(C)(C)CC(=O)NC(C)(C)CC(=O)NCCC(=O)NC1(CN(C)C)CCC1. The third kappa shape index (κ3) is 21.9. The number of likely N-dealkylation sites (N-methyl/N-ethyl adjacent to an activating group) is 1. The molecular weight excluding hydrogens is 741 g/mol. The molecule has 0 aromatic carbocycles. The van der Waals surface area contributed by atoms with Crippen LogP contribution in [-0.2, 0) is 33.6 Å². The van der Waals surface area contributed by atoms with E-state index in [0.29, 0.717) is 25.2 Å². The van der Waals surface area contributed by atoms with Crippen LogP contribution in [0, 0.1) is 17.8 Å². The lowest BCUT2D eigenvalue weighted by Crippen LogP contribution is -2.59. The Morgan fingerprint density at radius 2 is 1.05 bits per heavy atom. The van der Waals surface area contributed by atoms with Gasteiger partial charge in [0.25, 0.3) is 0 Å². The number of hydrogen-bond acceptors (Lipinski definition) is 8. The van der Waals surface area contributed by atoms with Crippen LogP contribution >= 0.6 is 0 Å². The molecule has 7 N–H and O–H groups in total. The van der Waals surface area contributed by atoms with Crippen LogP contribution in [0.3, 0.4) is 0 Å². The zero-order valence-corrected chi connectivity index (χ0v) is 38.4. The maximum Gasteiger partial charge on any atom is 0.243 e. The summed E-state index contributed by atoms with van der Waals surface area (Å²) < 4.78 is 0. The van der Waals surface area contributed by atoms with E-state index in [2.05, 4.69) is 42.1 Å². The molecule has 0 heterocycles. The summed E-state index contributed by atoms with van der Waals surface area (Å²) in [5.41, 5.74) is -2.96. The predicted molar refractivity (Wildman–Crippen MR) is 228 cm³/mol. The Kier molecular flexibility index (Phi) is 20.9. The Hall–Kier alpha value is -3.75. The zero-order valence-electron chi connectivity index (χ0n) is 38.4. The number of nitrogens with one attached hydrogen (secondary N) is 7.